The molecular weight excluding hydrogens is 212 g/mol. The van der Waals surface area contributed by atoms with Crippen molar-refractivity contribution in [3.8, 4) is 0 Å². The SMILES string of the molecule is CC(C)N(C)C(=O)C1CNc2ccccc2C1. The number of fused-ring (bicyclic) bond motifs is 1. The molecule has 0 radical (unpaired) electrons. The van der Waals surface area contributed by atoms with Crippen LogP contribution in [0.15, 0.2) is 24.3 Å². The summed E-state index contributed by atoms with van der Waals surface area (Å²) in [6.45, 7) is 4.83. The third-order valence-electron chi connectivity index (χ3n) is 3.49. The number of carbonyl (C=O) groups excluding carboxylic acids is 1. The molecule has 17 heavy (non-hydrogen) atoms. The van der Waals surface area contributed by atoms with E-state index in [9.17, 15) is 4.79 Å². The second-order valence-electron chi connectivity index (χ2n) is 4.98. The van der Waals surface area contributed by atoms with Crippen LogP contribution in [0, 0.1) is 5.92 Å². The van der Waals surface area contributed by atoms with Gasteiger partial charge in [0.1, 0.15) is 0 Å². The number of anilines is 1. The van der Waals surface area contributed by atoms with Crippen LogP contribution in [0.5, 0.6) is 0 Å². The lowest BCUT2D eigenvalue weighted by atomic mass is 9.92. The van der Waals surface area contributed by atoms with Gasteiger partial charge in [0.15, 0.2) is 0 Å². The summed E-state index contributed by atoms with van der Waals surface area (Å²) in [6.07, 6.45) is 0.846. The van der Waals surface area contributed by atoms with Crippen molar-refractivity contribution in [3.63, 3.8) is 0 Å². The maximum Gasteiger partial charge on any atom is 0.227 e. The summed E-state index contributed by atoms with van der Waals surface area (Å²) in [6, 6.07) is 8.48. The van der Waals surface area contributed by atoms with Crippen LogP contribution in [-0.4, -0.2) is 30.4 Å². The molecule has 0 bridgehead atoms. The minimum atomic E-state index is 0.0669. The molecule has 0 aliphatic carbocycles. The molecule has 0 aromatic heterocycles. The van der Waals surface area contributed by atoms with E-state index in [4.69, 9.17) is 0 Å². The van der Waals surface area contributed by atoms with Crippen molar-refractivity contribution in [2.45, 2.75) is 26.3 Å². The summed E-state index contributed by atoms with van der Waals surface area (Å²) >= 11 is 0. The first-order valence-electron chi connectivity index (χ1n) is 6.18. The Labute approximate surface area is 103 Å². The van der Waals surface area contributed by atoms with E-state index in [1.54, 1.807) is 0 Å². The number of amides is 1. The van der Waals surface area contributed by atoms with Crippen LogP contribution in [0.25, 0.3) is 0 Å². The van der Waals surface area contributed by atoms with Crippen molar-refractivity contribution in [1.29, 1.82) is 0 Å². The molecule has 0 saturated carbocycles. The molecule has 1 aromatic carbocycles. The largest absolute Gasteiger partial charge is 0.384 e. The van der Waals surface area contributed by atoms with Gasteiger partial charge >= 0.3 is 0 Å². The molecule has 1 amide bonds. The van der Waals surface area contributed by atoms with Gasteiger partial charge in [0.05, 0.1) is 5.92 Å². The molecule has 0 fully saturated rings. The van der Waals surface area contributed by atoms with E-state index >= 15 is 0 Å². The molecular formula is C14H20N2O. The highest BCUT2D eigenvalue weighted by atomic mass is 16.2. The molecule has 1 heterocycles. The maximum absolute atomic E-state index is 12.2. The van der Waals surface area contributed by atoms with Crippen molar-refractivity contribution < 1.29 is 4.79 Å². The number of nitrogens with zero attached hydrogens (tertiary/aromatic N) is 1. The Morgan fingerprint density at radius 3 is 2.82 bits per heavy atom. The zero-order chi connectivity index (χ0) is 12.4. The van der Waals surface area contributed by atoms with Crippen molar-refractivity contribution in [3.05, 3.63) is 29.8 Å². The Morgan fingerprint density at radius 1 is 1.41 bits per heavy atom. The smallest absolute Gasteiger partial charge is 0.227 e. The van der Waals surface area contributed by atoms with Gasteiger partial charge in [-0.15, -0.1) is 0 Å². The van der Waals surface area contributed by atoms with Crippen LogP contribution in [0.3, 0.4) is 0 Å². The fourth-order valence-corrected chi connectivity index (χ4v) is 2.16. The molecule has 1 aliphatic heterocycles. The topological polar surface area (TPSA) is 32.3 Å². The Hall–Kier alpha value is -1.51. The number of carbonyl (C=O) groups is 1. The first-order chi connectivity index (χ1) is 8.09. The van der Waals surface area contributed by atoms with E-state index < -0.39 is 0 Å². The summed E-state index contributed by atoms with van der Waals surface area (Å²) < 4.78 is 0. The maximum atomic E-state index is 12.2. The number of para-hydroxylation sites is 1. The van der Waals surface area contributed by atoms with Gasteiger partial charge in [-0.2, -0.15) is 0 Å². The summed E-state index contributed by atoms with van der Waals surface area (Å²) in [5.41, 5.74) is 2.41. The highest BCUT2D eigenvalue weighted by Gasteiger charge is 2.27. The second-order valence-corrected chi connectivity index (χ2v) is 4.98. The molecule has 2 rings (SSSR count). The quantitative estimate of drug-likeness (QED) is 0.847. The van der Waals surface area contributed by atoms with Gasteiger partial charge in [-0.05, 0) is 31.9 Å². The lowest BCUT2D eigenvalue weighted by molar-refractivity contribution is -0.135. The number of hydrogen-bond donors (Lipinski definition) is 1. The summed E-state index contributed by atoms with van der Waals surface area (Å²) in [4.78, 5) is 14.1. The predicted octanol–water partition coefficient (Wildman–Crippen LogP) is 2.14. The van der Waals surface area contributed by atoms with E-state index in [1.807, 2.05) is 37.9 Å². The predicted molar refractivity (Wildman–Crippen MR) is 70.0 cm³/mol. The average molecular weight is 232 g/mol. The molecule has 3 nitrogen and oxygen atoms in total. The zero-order valence-electron chi connectivity index (χ0n) is 10.7. The molecule has 1 atom stereocenters. The minimum Gasteiger partial charge on any atom is -0.384 e. The van der Waals surface area contributed by atoms with Gasteiger partial charge < -0.3 is 10.2 Å². The summed E-state index contributed by atoms with van der Waals surface area (Å²) in [7, 11) is 1.88. The first-order valence-corrected chi connectivity index (χ1v) is 6.18. The van der Waals surface area contributed by atoms with Crippen molar-refractivity contribution >= 4 is 11.6 Å². The van der Waals surface area contributed by atoms with E-state index in [2.05, 4.69) is 17.4 Å². The van der Waals surface area contributed by atoms with Gasteiger partial charge in [-0.3, -0.25) is 4.79 Å². The zero-order valence-corrected chi connectivity index (χ0v) is 10.7. The summed E-state index contributed by atoms with van der Waals surface area (Å²) in [5, 5.41) is 3.34. The lowest BCUT2D eigenvalue weighted by Gasteiger charge is -2.30. The van der Waals surface area contributed by atoms with Crippen LogP contribution in [0.2, 0.25) is 0 Å². The standard InChI is InChI=1S/C14H20N2O/c1-10(2)16(3)14(17)12-8-11-6-4-5-7-13(11)15-9-12/h4-7,10,12,15H,8-9H2,1-3H3. The van der Waals surface area contributed by atoms with E-state index in [-0.39, 0.29) is 17.9 Å². The second kappa shape index (κ2) is 4.78. The number of nitrogens with one attached hydrogen (secondary N) is 1. The van der Waals surface area contributed by atoms with Gasteiger partial charge in [-0.1, -0.05) is 18.2 Å². The van der Waals surface area contributed by atoms with Crippen molar-refractivity contribution in [1.82, 2.24) is 4.90 Å². The normalized spacial score (nSPS) is 18.5. The Kier molecular flexibility index (Phi) is 3.36. The molecule has 0 saturated heterocycles. The molecule has 3 heteroatoms. The van der Waals surface area contributed by atoms with Crippen LogP contribution < -0.4 is 5.32 Å². The van der Waals surface area contributed by atoms with Gasteiger partial charge in [-0.25, -0.2) is 0 Å². The van der Waals surface area contributed by atoms with Crippen LogP contribution >= 0.6 is 0 Å². The Balaban J connectivity index is 2.10. The Morgan fingerprint density at radius 2 is 2.12 bits per heavy atom. The summed E-state index contributed by atoms with van der Waals surface area (Å²) in [5.74, 6) is 0.305. The fourth-order valence-electron chi connectivity index (χ4n) is 2.16. The molecule has 1 unspecified atom stereocenters. The lowest BCUT2D eigenvalue weighted by Crippen LogP contribution is -2.42. The number of rotatable bonds is 2. The van der Waals surface area contributed by atoms with E-state index in [0.29, 0.717) is 0 Å². The van der Waals surface area contributed by atoms with Crippen molar-refractivity contribution in [2.75, 3.05) is 18.9 Å². The fraction of sp³-hybridized carbons (Fsp3) is 0.500. The third-order valence-corrected chi connectivity index (χ3v) is 3.49. The molecule has 1 aromatic rings. The van der Waals surface area contributed by atoms with E-state index in [0.717, 1.165) is 13.0 Å². The molecule has 1 aliphatic rings. The number of benzene rings is 1. The van der Waals surface area contributed by atoms with E-state index in [1.165, 1.54) is 11.3 Å². The molecule has 0 spiro atoms. The monoisotopic (exact) mass is 232 g/mol. The molecule has 92 valence electrons. The number of hydrogen-bond acceptors (Lipinski definition) is 2. The van der Waals surface area contributed by atoms with Crippen LogP contribution in [0.4, 0.5) is 5.69 Å². The van der Waals surface area contributed by atoms with Crippen LogP contribution in [0.1, 0.15) is 19.4 Å². The van der Waals surface area contributed by atoms with Gasteiger partial charge in [0.25, 0.3) is 0 Å². The molecule has 1 N–H and O–H groups in total. The average Bonchev–Trinajstić information content (AvgIpc) is 2.36. The minimum absolute atomic E-state index is 0.0669. The van der Waals surface area contributed by atoms with Gasteiger partial charge in [0, 0.05) is 25.3 Å². The van der Waals surface area contributed by atoms with Gasteiger partial charge in [0.2, 0.25) is 5.91 Å². The Bertz CT molecular complexity index is 414. The van der Waals surface area contributed by atoms with Crippen LogP contribution in [-0.2, 0) is 11.2 Å². The highest BCUT2D eigenvalue weighted by Crippen LogP contribution is 2.25. The first kappa shape index (κ1) is 12.0. The van der Waals surface area contributed by atoms with Crippen molar-refractivity contribution in [2.24, 2.45) is 5.92 Å². The highest BCUT2D eigenvalue weighted by molar-refractivity contribution is 5.81. The third kappa shape index (κ3) is 2.43.